The van der Waals surface area contributed by atoms with Crippen molar-refractivity contribution in [1.29, 1.82) is 0 Å². The minimum Gasteiger partial charge on any atom is -0.457 e. The van der Waals surface area contributed by atoms with Crippen LogP contribution in [0.25, 0.3) is 0 Å². The summed E-state index contributed by atoms with van der Waals surface area (Å²) in [7, 11) is -3.20. The van der Waals surface area contributed by atoms with Gasteiger partial charge in [-0.25, -0.2) is 8.78 Å². The van der Waals surface area contributed by atoms with E-state index in [1.165, 1.54) is 24.3 Å². The van der Waals surface area contributed by atoms with Crippen LogP contribution in [0.2, 0.25) is 0 Å². The van der Waals surface area contributed by atoms with Crippen LogP contribution in [0.1, 0.15) is 0 Å². The molecule has 0 heterocycles. The van der Waals surface area contributed by atoms with E-state index in [4.69, 9.17) is 9.47 Å². The zero-order valence-electron chi connectivity index (χ0n) is 19.1. The van der Waals surface area contributed by atoms with Crippen molar-refractivity contribution < 1.29 is 22.8 Å². The molecule has 0 unspecified atom stereocenters. The van der Waals surface area contributed by atoms with E-state index >= 15 is 0 Å². The molecule has 0 saturated heterocycles. The Bertz CT molecular complexity index is 1390. The molecule has 6 heteroatoms. The van der Waals surface area contributed by atoms with Gasteiger partial charge in [0.25, 0.3) is 0 Å². The molecule has 5 rings (SSSR count). The van der Waals surface area contributed by atoms with Crippen LogP contribution in [0.3, 0.4) is 0 Å². The molecule has 3 nitrogen and oxygen atoms in total. The molecule has 178 valence electrons. The highest BCUT2D eigenvalue weighted by Gasteiger charge is 2.29. The lowest BCUT2D eigenvalue weighted by Crippen LogP contribution is -2.24. The normalized spacial score (nSPS) is 11.2. The predicted octanol–water partition coefficient (Wildman–Crippen LogP) is 7.19. The molecular formula is C30H21F2O3P. The van der Waals surface area contributed by atoms with Gasteiger partial charge < -0.3 is 14.0 Å². The van der Waals surface area contributed by atoms with E-state index in [0.29, 0.717) is 38.9 Å². The van der Waals surface area contributed by atoms with Crippen molar-refractivity contribution in [2.45, 2.75) is 0 Å². The first kappa shape index (κ1) is 23.5. The highest BCUT2D eigenvalue weighted by molar-refractivity contribution is 7.85. The number of ether oxygens (including phenoxy) is 2. The maximum atomic E-state index is 14.7. The smallest absolute Gasteiger partial charge is 0.171 e. The lowest BCUT2D eigenvalue weighted by molar-refractivity contribution is 0.480. The van der Waals surface area contributed by atoms with E-state index in [0.717, 1.165) is 0 Å². The van der Waals surface area contributed by atoms with Gasteiger partial charge in [-0.1, -0.05) is 30.3 Å². The molecule has 0 saturated carbocycles. The third-order valence-corrected chi connectivity index (χ3v) is 8.70. The van der Waals surface area contributed by atoms with Gasteiger partial charge in [0.1, 0.15) is 34.6 Å². The Kier molecular flexibility index (Phi) is 6.66. The molecule has 5 aromatic rings. The van der Waals surface area contributed by atoms with Crippen molar-refractivity contribution in [3.63, 3.8) is 0 Å². The van der Waals surface area contributed by atoms with Gasteiger partial charge in [0.2, 0.25) is 0 Å². The molecule has 0 N–H and O–H groups in total. The van der Waals surface area contributed by atoms with Gasteiger partial charge in [-0.2, -0.15) is 0 Å². The van der Waals surface area contributed by atoms with Crippen LogP contribution < -0.4 is 25.4 Å². The van der Waals surface area contributed by atoms with Crippen molar-refractivity contribution >= 4 is 23.1 Å². The fourth-order valence-electron chi connectivity index (χ4n) is 3.81. The summed E-state index contributed by atoms with van der Waals surface area (Å²) in [4.78, 5) is 0. The van der Waals surface area contributed by atoms with E-state index < -0.39 is 7.14 Å². The van der Waals surface area contributed by atoms with Gasteiger partial charge in [0.05, 0.1) is 0 Å². The second-order valence-corrected chi connectivity index (χ2v) is 10.8. The van der Waals surface area contributed by atoms with E-state index in [1.54, 1.807) is 72.8 Å². The van der Waals surface area contributed by atoms with Crippen LogP contribution in [0.5, 0.6) is 23.0 Å². The molecule has 0 fully saturated rings. The first-order chi connectivity index (χ1) is 17.5. The Labute approximate surface area is 208 Å². The average Bonchev–Trinajstić information content (AvgIpc) is 2.92. The highest BCUT2D eigenvalue weighted by Crippen LogP contribution is 2.43. The minimum absolute atomic E-state index is 0.337. The fraction of sp³-hybridized carbons (Fsp3) is 0. The quantitative estimate of drug-likeness (QED) is 0.223. The Hall–Kier alpha value is -4.21. The summed E-state index contributed by atoms with van der Waals surface area (Å²) in [6.45, 7) is 0. The SMILES string of the molecule is O=P(c1ccccc1)(c1ccc(Oc2ccc(F)cc2)cc1)c1ccc(Oc2ccc(F)cc2)cc1. The van der Waals surface area contributed by atoms with Crippen molar-refractivity contribution in [2.75, 3.05) is 0 Å². The second-order valence-electron chi connectivity index (χ2n) is 8.04. The zero-order valence-corrected chi connectivity index (χ0v) is 19.9. The third kappa shape index (κ3) is 5.07. The lowest BCUT2D eigenvalue weighted by Gasteiger charge is -2.20. The summed E-state index contributed by atoms with van der Waals surface area (Å²) in [6, 6.07) is 35.0. The summed E-state index contributed by atoms with van der Waals surface area (Å²) in [5, 5.41) is 1.99. The van der Waals surface area contributed by atoms with Gasteiger partial charge in [-0.15, -0.1) is 0 Å². The largest absolute Gasteiger partial charge is 0.457 e. The molecule has 36 heavy (non-hydrogen) atoms. The molecule has 0 aliphatic heterocycles. The molecule has 0 aromatic heterocycles. The van der Waals surface area contributed by atoms with E-state index in [-0.39, 0.29) is 11.6 Å². The third-order valence-electron chi connectivity index (χ3n) is 5.62. The van der Waals surface area contributed by atoms with Crippen molar-refractivity contribution in [2.24, 2.45) is 0 Å². The summed E-state index contributed by atoms with van der Waals surface area (Å²) >= 11 is 0. The number of benzene rings is 5. The van der Waals surface area contributed by atoms with Gasteiger partial charge in [0, 0.05) is 15.9 Å². The highest BCUT2D eigenvalue weighted by atomic mass is 31.2. The summed E-state index contributed by atoms with van der Waals surface area (Å²) in [5.41, 5.74) is 0. The number of hydrogen-bond acceptors (Lipinski definition) is 3. The number of hydrogen-bond donors (Lipinski definition) is 0. The Balaban J connectivity index is 1.45. The minimum atomic E-state index is -3.20. The molecule has 5 aromatic carbocycles. The van der Waals surface area contributed by atoms with Gasteiger partial charge >= 0.3 is 0 Å². The maximum Gasteiger partial charge on any atom is 0.171 e. The van der Waals surface area contributed by atoms with Crippen LogP contribution in [0.4, 0.5) is 8.78 Å². The zero-order chi connectivity index (χ0) is 25.0. The van der Waals surface area contributed by atoms with Gasteiger partial charge in [-0.05, 0) is 97.1 Å². The van der Waals surface area contributed by atoms with E-state index in [2.05, 4.69) is 0 Å². The standard InChI is InChI=1S/C30H21F2O3P/c31-22-6-10-24(11-7-22)34-26-14-18-29(19-15-26)36(33,28-4-2-1-3-5-28)30-20-16-27(17-21-30)35-25-12-8-23(32)9-13-25/h1-21H. The van der Waals surface area contributed by atoms with Crippen LogP contribution in [0.15, 0.2) is 127 Å². The second kappa shape index (κ2) is 10.2. The molecular weight excluding hydrogens is 477 g/mol. The fourth-order valence-corrected chi connectivity index (χ4v) is 6.44. The van der Waals surface area contributed by atoms with Crippen molar-refractivity contribution in [3.8, 4) is 23.0 Å². The Morgan fingerprint density at radius 1 is 0.417 bits per heavy atom. The first-order valence-corrected chi connectivity index (χ1v) is 13.0. The summed E-state index contributed by atoms with van der Waals surface area (Å²) < 4.78 is 52.6. The lowest BCUT2D eigenvalue weighted by atomic mass is 10.3. The molecule has 0 amide bonds. The van der Waals surface area contributed by atoms with E-state index in [1.807, 2.05) is 30.3 Å². The van der Waals surface area contributed by atoms with Crippen LogP contribution in [-0.2, 0) is 4.57 Å². The van der Waals surface area contributed by atoms with Gasteiger partial charge in [-0.3, -0.25) is 0 Å². The van der Waals surface area contributed by atoms with Crippen LogP contribution >= 0.6 is 7.14 Å². The van der Waals surface area contributed by atoms with E-state index in [9.17, 15) is 13.3 Å². The molecule has 0 bridgehead atoms. The van der Waals surface area contributed by atoms with Crippen molar-refractivity contribution in [1.82, 2.24) is 0 Å². The van der Waals surface area contributed by atoms with Gasteiger partial charge in [0.15, 0.2) is 7.14 Å². The first-order valence-electron chi connectivity index (χ1n) is 11.2. The molecule has 0 spiro atoms. The Morgan fingerprint density at radius 2 is 0.722 bits per heavy atom. The topological polar surface area (TPSA) is 35.5 Å². The monoisotopic (exact) mass is 498 g/mol. The molecule has 0 atom stereocenters. The number of halogens is 2. The predicted molar refractivity (Wildman–Crippen MR) is 139 cm³/mol. The summed E-state index contributed by atoms with van der Waals surface area (Å²) in [6.07, 6.45) is 0. The molecule has 0 radical (unpaired) electrons. The Morgan fingerprint density at radius 3 is 1.08 bits per heavy atom. The maximum absolute atomic E-state index is 14.7. The molecule has 0 aliphatic rings. The van der Waals surface area contributed by atoms with Crippen LogP contribution in [0, 0.1) is 11.6 Å². The number of rotatable bonds is 7. The van der Waals surface area contributed by atoms with Crippen LogP contribution in [-0.4, -0.2) is 0 Å². The van der Waals surface area contributed by atoms with Crippen molar-refractivity contribution in [3.05, 3.63) is 139 Å². The molecule has 0 aliphatic carbocycles. The summed E-state index contributed by atoms with van der Waals surface area (Å²) in [5.74, 6) is 1.44. The average molecular weight is 498 g/mol.